The van der Waals surface area contributed by atoms with Crippen molar-refractivity contribution in [2.45, 2.75) is 11.8 Å². The summed E-state index contributed by atoms with van der Waals surface area (Å²) < 4.78 is 35.1. The van der Waals surface area contributed by atoms with E-state index in [1.54, 1.807) is 37.3 Å². The monoisotopic (exact) mass is 451 g/mol. The van der Waals surface area contributed by atoms with Gasteiger partial charge in [-0.05, 0) is 55.5 Å². The van der Waals surface area contributed by atoms with Crippen LogP contribution in [-0.2, 0) is 10.0 Å². The molecule has 1 N–H and O–H groups in total. The van der Waals surface area contributed by atoms with E-state index in [4.69, 9.17) is 4.74 Å². The Kier molecular flexibility index (Phi) is 5.56. The number of hydrogen-bond donors (Lipinski definition) is 1. The highest BCUT2D eigenvalue weighted by Gasteiger charge is 2.16. The molecule has 2 aromatic carbocycles. The molecule has 162 valence electrons. The Hall–Kier alpha value is -4.25. The summed E-state index contributed by atoms with van der Waals surface area (Å²) in [5, 5.41) is 10.7. The average molecular weight is 451 g/mol. The van der Waals surface area contributed by atoms with Gasteiger partial charge in [0.2, 0.25) is 5.88 Å². The lowest BCUT2D eigenvalue weighted by atomic mass is 10.3. The fourth-order valence-electron chi connectivity index (χ4n) is 2.87. The first-order valence-electron chi connectivity index (χ1n) is 9.34. The van der Waals surface area contributed by atoms with Crippen molar-refractivity contribution in [3.63, 3.8) is 0 Å². The van der Waals surface area contributed by atoms with Gasteiger partial charge in [-0.3, -0.25) is 14.8 Å². The molecule has 0 bridgehead atoms. The van der Waals surface area contributed by atoms with Gasteiger partial charge >= 0.3 is 0 Å². The van der Waals surface area contributed by atoms with E-state index in [0.717, 1.165) is 12.1 Å². The molecule has 0 unspecified atom stereocenters. The normalized spacial score (nSPS) is 11.2. The van der Waals surface area contributed by atoms with E-state index in [1.165, 1.54) is 12.1 Å². The van der Waals surface area contributed by atoms with E-state index in [9.17, 15) is 18.5 Å². The quantitative estimate of drug-likeness (QED) is 0.331. The Balaban J connectivity index is 1.48. The van der Waals surface area contributed by atoms with Crippen molar-refractivity contribution < 1.29 is 18.1 Å². The predicted octanol–water partition coefficient (Wildman–Crippen LogP) is 4.08. The van der Waals surface area contributed by atoms with E-state index < -0.39 is 14.9 Å². The van der Waals surface area contributed by atoms with E-state index in [2.05, 4.69) is 14.7 Å². The van der Waals surface area contributed by atoms with E-state index in [-0.39, 0.29) is 10.6 Å². The van der Waals surface area contributed by atoms with Crippen LogP contribution in [0.5, 0.6) is 11.6 Å². The number of sulfonamides is 1. The molecule has 0 spiro atoms. The molecule has 0 amide bonds. The largest absolute Gasteiger partial charge is 0.439 e. The number of ether oxygens (including phenoxy) is 1. The second-order valence-electron chi connectivity index (χ2n) is 6.68. The van der Waals surface area contributed by atoms with Crippen molar-refractivity contribution in [3.05, 3.63) is 95.1 Å². The standard InChI is InChI=1S/C21H17N5O5S/c1-15-22-20(25-12-2-3-13-25)14-21(23-15)31-18-8-4-16(5-9-18)24-32(29,30)19-10-6-17(7-11-19)26(27)28/h2-14,24H,1H3. The molecule has 0 saturated carbocycles. The van der Waals surface area contributed by atoms with Crippen LogP contribution >= 0.6 is 0 Å². The number of nitro benzene ring substituents is 1. The number of nitrogens with zero attached hydrogens (tertiary/aromatic N) is 4. The number of nitro groups is 1. The van der Waals surface area contributed by atoms with Gasteiger partial charge in [-0.25, -0.2) is 13.4 Å². The Bertz CT molecular complexity index is 1350. The summed E-state index contributed by atoms with van der Waals surface area (Å²) in [5.41, 5.74) is 0.118. The lowest BCUT2D eigenvalue weighted by Gasteiger charge is -2.10. The molecule has 0 radical (unpaired) electrons. The number of aromatic nitrogens is 3. The van der Waals surface area contributed by atoms with Crippen LogP contribution in [0.4, 0.5) is 11.4 Å². The number of non-ortho nitro benzene ring substituents is 1. The predicted molar refractivity (Wildman–Crippen MR) is 117 cm³/mol. The van der Waals surface area contributed by atoms with Gasteiger partial charge in [0, 0.05) is 36.3 Å². The van der Waals surface area contributed by atoms with Crippen molar-refractivity contribution >= 4 is 21.4 Å². The molecule has 0 saturated heterocycles. The number of benzene rings is 2. The van der Waals surface area contributed by atoms with Gasteiger partial charge in [-0.1, -0.05) is 0 Å². The Morgan fingerprint density at radius 3 is 2.28 bits per heavy atom. The molecule has 10 nitrogen and oxygen atoms in total. The molecular formula is C21H17N5O5S. The van der Waals surface area contributed by atoms with Gasteiger partial charge < -0.3 is 9.30 Å². The highest BCUT2D eigenvalue weighted by Crippen LogP contribution is 2.25. The lowest BCUT2D eigenvalue weighted by Crippen LogP contribution is -2.12. The second-order valence-corrected chi connectivity index (χ2v) is 8.37. The third-order valence-electron chi connectivity index (χ3n) is 4.36. The molecular weight excluding hydrogens is 434 g/mol. The summed E-state index contributed by atoms with van der Waals surface area (Å²) in [5.74, 6) is 2.00. The van der Waals surface area contributed by atoms with Gasteiger partial charge in [0.25, 0.3) is 15.7 Å². The summed E-state index contributed by atoms with van der Waals surface area (Å²) in [6.07, 6.45) is 3.72. The maximum atomic E-state index is 12.5. The maximum absolute atomic E-state index is 12.5. The summed E-state index contributed by atoms with van der Waals surface area (Å²) in [7, 11) is -3.90. The number of nitrogens with one attached hydrogen (secondary N) is 1. The Morgan fingerprint density at radius 2 is 1.66 bits per heavy atom. The van der Waals surface area contributed by atoms with Crippen LogP contribution in [0, 0.1) is 17.0 Å². The summed E-state index contributed by atoms with van der Waals surface area (Å²) in [4.78, 5) is 18.7. The Morgan fingerprint density at radius 1 is 1.00 bits per heavy atom. The van der Waals surface area contributed by atoms with E-state index in [0.29, 0.717) is 29.0 Å². The zero-order chi connectivity index (χ0) is 22.7. The second kappa shape index (κ2) is 8.47. The van der Waals surface area contributed by atoms with Crippen molar-refractivity contribution in [2.24, 2.45) is 0 Å². The average Bonchev–Trinajstić information content (AvgIpc) is 3.30. The fraction of sp³-hybridized carbons (Fsp3) is 0.0476. The minimum absolute atomic E-state index is 0.0857. The molecule has 0 aliphatic rings. The molecule has 11 heteroatoms. The third kappa shape index (κ3) is 4.73. The van der Waals surface area contributed by atoms with Crippen LogP contribution in [0.15, 0.2) is 84.0 Å². The minimum Gasteiger partial charge on any atom is -0.439 e. The van der Waals surface area contributed by atoms with Gasteiger partial charge in [0.1, 0.15) is 17.4 Å². The summed E-state index contributed by atoms with van der Waals surface area (Å²) in [6.45, 7) is 1.76. The van der Waals surface area contributed by atoms with Gasteiger partial charge in [0.05, 0.1) is 9.82 Å². The molecule has 2 aromatic heterocycles. The smallest absolute Gasteiger partial charge is 0.269 e. The fourth-order valence-corrected chi connectivity index (χ4v) is 3.93. The first-order chi connectivity index (χ1) is 15.3. The van der Waals surface area contributed by atoms with Crippen molar-refractivity contribution in [1.82, 2.24) is 14.5 Å². The minimum atomic E-state index is -3.90. The third-order valence-corrected chi connectivity index (χ3v) is 5.75. The maximum Gasteiger partial charge on any atom is 0.269 e. The topological polar surface area (TPSA) is 129 Å². The highest BCUT2D eigenvalue weighted by molar-refractivity contribution is 7.92. The molecule has 0 aliphatic heterocycles. The van der Waals surface area contributed by atoms with Gasteiger partial charge in [0.15, 0.2) is 0 Å². The SMILES string of the molecule is Cc1nc(Oc2ccc(NS(=O)(=O)c3ccc([N+](=O)[O-])cc3)cc2)cc(-n2cccc2)n1. The van der Waals surface area contributed by atoms with Crippen LogP contribution in [-0.4, -0.2) is 27.9 Å². The van der Waals surface area contributed by atoms with E-state index >= 15 is 0 Å². The van der Waals surface area contributed by atoms with Crippen molar-refractivity contribution in [2.75, 3.05) is 4.72 Å². The van der Waals surface area contributed by atoms with Gasteiger partial charge in [-0.2, -0.15) is 4.98 Å². The zero-order valence-electron chi connectivity index (χ0n) is 16.7. The van der Waals surface area contributed by atoms with E-state index in [1.807, 2.05) is 29.1 Å². The molecule has 0 aliphatic carbocycles. The molecule has 2 heterocycles. The van der Waals surface area contributed by atoms with Crippen LogP contribution < -0.4 is 9.46 Å². The number of rotatable bonds is 7. The molecule has 0 fully saturated rings. The molecule has 4 rings (SSSR count). The zero-order valence-corrected chi connectivity index (χ0v) is 17.6. The molecule has 0 atom stereocenters. The van der Waals surface area contributed by atoms with Crippen LogP contribution in [0.2, 0.25) is 0 Å². The van der Waals surface area contributed by atoms with Crippen molar-refractivity contribution in [3.8, 4) is 17.4 Å². The number of aryl methyl sites for hydroxylation is 1. The lowest BCUT2D eigenvalue weighted by molar-refractivity contribution is -0.384. The first-order valence-corrected chi connectivity index (χ1v) is 10.8. The summed E-state index contributed by atoms with van der Waals surface area (Å²) >= 11 is 0. The highest BCUT2D eigenvalue weighted by atomic mass is 32.2. The summed E-state index contributed by atoms with van der Waals surface area (Å²) in [6, 6.07) is 16.4. The molecule has 4 aromatic rings. The number of hydrogen-bond acceptors (Lipinski definition) is 7. The number of anilines is 1. The van der Waals surface area contributed by atoms with Crippen LogP contribution in [0.1, 0.15) is 5.82 Å². The molecule has 32 heavy (non-hydrogen) atoms. The van der Waals surface area contributed by atoms with Crippen LogP contribution in [0.25, 0.3) is 5.82 Å². The Labute approximate surface area is 183 Å². The van der Waals surface area contributed by atoms with Crippen molar-refractivity contribution in [1.29, 1.82) is 0 Å². The van der Waals surface area contributed by atoms with Crippen LogP contribution in [0.3, 0.4) is 0 Å². The van der Waals surface area contributed by atoms with Gasteiger partial charge in [-0.15, -0.1) is 0 Å². The first kappa shape index (κ1) is 21.0.